The number of hydrogen-bond acceptors (Lipinski definition) is 6. The minimum Gasteiger partial charge on any atom is -0.454 e. The summed E-state index contributed by atoms with van der Waals surface area (Å²) in [7, 11) is 0. The van der Waals surface area contributed by atoms with Crippen molar-refractivity contribution in [2.45, 2.75) is 25.3 Å². The van der Waals surface area contributed by atoms with E-state index in [1.54, 1.807) is 60.7 Å². The molecule has 174 valence electrons. The average Bonchev–Trinajstić information content (AvgIpc) is 3.42. The summed E-state index contributed by atoms with van der Waals surface area (Å²) in [5, 5.41) is 5.68. The molecule has 1 aliphatic rings. The number of ether oxygens (including phenoxy) is 1. The zero-order chi connectivity index (χ0) is 24.1. The number of rotatable bonds is 8. The van der Waals surface area contributed by atoms with Gasteiger partial charge in [-0.1, -0.05) is 48.5 Å². The van der Waals surface area contributed by atoms with Crippen LogP contribution in [0, 0.1) is 0 Å². The van der Waals surface area contributed by atoms with Gasteiger partial charge < -0.3 is 21.1 Å². The second-order valence-corrected chi connectivity index (χ2v) is 8.87. The van der Waals surface area contributed by atoms with Crippen molar-refractivity contribution in [3.05, 3.63) is 87.8 Å². The van der Waals surface area contributed by atoms with Gasteiger partial charge >= 0.3 is 5.97 Å². The molecule has 1 aromatic heterocycles. The molecule has 2 aromatic carbocycles. The maximum Gasteiger partial charge on any atom is 0.333 e. The van der Waals surface area contributed by atoms with E-state index < -0.39 is 36.3 Å². The van der Waals surface area contributed by atoms with Gasteiger partial charge in [0.2, 0.25) is 0 Å². The monoisotopic (exact) mass is 477 g/mol. The van der Waals surface area contributed by atoms with E-state index in [4.69, 9.17) is 10.5 Å². The van der Waals surface area contributed by atoms with Crippen LogP contribution in [-0.2, 0) is 27.2 Å². The van der Waals surface area contributed by atoms with Gasteiger partial charge in [-0.25, -0.2) is 4.79 Å². The normalized spacial score (nSPS) is 12.9. The van der Waals surface area contributed by atoms with E-state index in [-0.39, 0.29) is 0 Å². The summed E-state index contributed by atoms with van der Waals surface area (Å²) >= 11 is 1.32. The Hall–Kier alpha value is -3.98. The molecule has 0 bridgehead atoms. The van der Waals surface area contributed by atoms with Crippen LogP contribution in [0.4, 0.5) is 5.00 Å². The number of anilines is 1. The number of thiophene rings is 1. The minimum atomic E-state index is -1.10. The minimum absolute atomic E-state index is 0.328. The fraction of sp³-hybridized carbons (Fsp3) is 0.200. The zero-order valence-corrected chi connectivity index (χ0v) is 19.0. The van der Waals surface area contributed by atoms with Gasteiger partial charge in [0.05, 0.1) is 5.56 Å². The number of fused-ring (bicyclic) bond motifs is 1. The molecule has 9 heteroatoms. The molecule has 34 heavy (non-hydrogen) atoms. The molecule has 0 aliphatic heterocycles. The molecule has 1 atom stereocenters. The highest BCUT2D eigenvalue weighted by atomic mass is 32.1. The number of primary amides is 1. The van der Waals surface area contributed by atoms with Crippen molar-refractivity contribution in [1.82, 2.24) is 5.32 Å². The molecule has 4 N–H and O–H groups in total. The molecule has 0 fully saturated rings. The lowest BCUT2D eigenvalue weighted by Gasteiger charge is -2.18. The van der Waals surface area contributed by atoms with Crippen molar-refractivity contribution in [1.29, 1.82) is 0 Å². The fourth-order valence-corrected chi connectivity index (χ4v) is 5.17. The van der Waals surface area contributed by atoms with Crippen molar-refractivity contribution in [2.24, 2.45) is 5.73 Å². The SMILES string of the molecule is NC(=O)c1c(NC(=O)COC(=O)C(NC(=O)c2ccccc2)c2ccccc2)sc2c1CCC2. The third-order valence-electron chi connectivity index (χ3n) is 5.45. The Morgan fingerprint density at radius 3 is 2.32 bits per heavy atom. The summed E-state index contributed by atoms with van der Waals surface area (Å²) < 4.78 is 5.23. The number of carbonyl (C=O) groups excluding carboxylic acids is 4. The highest BCUT2D eigenvalue weighted by molar-refractivity contribution is 7.17. The Labute approximate surface area is 200 Å². The number of hydrogen-bond donors (Lipinski definition) is 3. The van der Waals surface area contributed by atoms with E-state index in [2.05, 4.69) is 10.6 Å². The summed E-state index contributed by atoms with van der Waals surface area (Å²) in [5.41, 5.74) is 7.64. The molecule has 0 radical (unpaired) electrons. The molecule has 1 unspecified atom stereocenters. The molecular formula is C25H23N3O5S. The van der Waals surface area contributed by atoms with Crippen LogP contribution in [0.15, 0.2) is 60.7 Å². The van der Waals surface area contributed by atoms with Crippen LogP contribution >= 0.6 is 11.3 Å². The van der Waals surface area contributed by atoms with E-state index in [0.717, 1.165) is 29.7 Å². The van der Waals surface area contributed by atoms with Crippen molar-refractivity contribution in [2.75, 3.05) is 11.9 Å². The van der Waals surface area contributed by atoms with E-state index in [1.165, 1.54) is 11.3 Å². The van der Waals surface area contributed by atoms with Crippen LogP contribution in [-0.4, -0.2) is 30.3 Å². The maximum absolute atomic E-state index is 12.9. The van der Waals surface area contributed by atoms with Crippen LogP contribution in [0.5, 0.6) is 0 Å². The highest BCUT2D eigenvalue weighted by Gasteiger charge is 2.28. The van der Waals surface area contributed by atoms with Crippen LogP contribution in [0.25, 0.3) is 0 Å². The summed E-state index contributed by atoms with van der Waals surface area (Å²) in [6.07, 6.45) is 2.53. The van der Waals surface area contributed by atoms with Crippen molar-refractivity contribution >= 4 is 40.0 Å². The van der Waals surface area contributed by atoms with Crippen LogP contribution in [0.1, 0.15) is 49.2 Å². The number of benzene rings is 2. The Morgan fingerprint density at radius 1 is 0.971 bits per heavy atom. The van der Waals surface area contributed by atoms with E-state index in [1.807, 2.05) is 0 Å². The van der Waals surface area contributed by atoms with E-state index in [0.29, 0.717) is 21.7 Å². The largest absolute Gasteiger partial charge is 0.454 e. The van der Waals surface area contributed by atoms with Crippen LogP contribution in [0.2, 0.25) is 0 Å². The second kappa shape index (κ2) is 10.3. The molecule has 1 aliphatic carbocycles. The maximum atomic E-state index is 12.9. The molecule has 0 spiro atoms. The fourth-order valence-electron chi connectivity index (χ4n) is 3.86. The third kappa shape index (κ3) is 5.15. The number of amides is 3. The standard InChI is InChI=1S/C25H23N3O5S/c26-22(30)20-17-12-7-13-18(17)34-24(20)27-19(29)14-33-25(32)21(15-8-3-1-4-9-15)28-23(31)16-10-5-2-6-11-16/h1-6,8-11,21H,7,12-14H2,(H2,26,30)(H,27,29)(H,28,31). The molecule has 0 saturated heterocycles. The Bertz CT molecular complexity index is 1220. The van der Waals surface area contributed by atoms with E-state index >= 15 is 0 Å². The van der Waals surface area contributed by atoms with Gasteiger partial charge in [-0.3, -0.25) is 14.4 Å². The van der Waals surface area contributed by atoms with Crippen LogP contribution < -0.4 is 16.4 Å². The zero-order valence-electron chi connectivity index (χ0n) is 18.2. The smallest absolute Gasteiger partial charge is 0.333 e. The predicted molar refractivity (Wildman–Crippen MR) is 128 cm³/mol. The molecule has 3 aromatic rings. The van der Waals surface area contributed by atoms with Gasteiger partial charge in [0.25, 0.3) is 17.7 Å². The van der Waals surface area contributed by atoms with Gasteiger partial charge in [-0.2, -0.15) is 0 Å². The Balaban J connectivity index is 1.43. The number of carbonyl (C=O) groups is 4. The summed E-state index contributed by atoms with van der Waals surface area (Å²) in [5.74, 6) is -2.43. The second-order valence-electron chi connectivity index (χ2n) is 7.76. The lowest BCUT2D eigenvalue weighted by atomic mass is 10.1. The lowest BCUT2D eigenvalue weighted by molar-refractivity contribution is -0.149. The van der Waals surface area contributed by atoms with Gasteiger partial charge in [0.1, 0.15) is 5.00 Å². The third-order valence-corrected chi connectivity index (χ3v) is 6.65. The number of esters is 1. The quantitative estimate of drug-likeness (QED) is 0.430. The first-order valence-corrected chi connectivity index (χ1v) is 11.6. The summed E-state index contributed by atoms with van der Waals surface area (Å²) in [6.45, 7) is -0.579. The lowest BCUT2D eigenvalue weighted by Crippen LogP contribution is -2.36. The summed E-state index contributed by atoms with van der Waals surface area (Å²) in [4.78, 5) is 51.0. The number of nitrogens with one attached hydrogen (secondary N) is 2. The van der Waals surface area contributed by atoms with Crippen molar-refractivity contribution < 1.29 is 23.9 Å². The molecule has 1 heterocycles. The Kier molecular flexibility index (Phi) is 7.03. The highest BCUT2D eigenvalue weighted by Crippen LogP contribution is 2.38. The molecule has 0 saturated carbocycles. The average molecular weight is 478 g/mol. The van der Waals surface area contributed by atoms with Crippen molar-refractivity contribution in [3.63, 3.8) is 0 Å². The number of aryl methyl sites for hydroxylation is 1. The van der Waals surface area contributed by atoms with Crippen molar-refractivity contribution in [3.8, 4) is 0 Å². The van der Waals surface area contributed by atoms with E-state index in [9.17, 15) is 19.2 Å². The first-order valence-electron chi connectivity index (χ1n) is 10.8. The molecule has 8 nitrogen and oxygen atoms in total. The molecular weight excluding hydrogens is 454 g/mol. The van der Waals surface area contributed by atoms with Gasteiger partial charge in [0.15, 0.2) is 12.6 Å². The van der Waals surface area contributed by atoms with Gasteiger partial charge in [-0.15, -0.1) is 11.3 Å². The first kappa shape index (κ1) is 23.2. The first-order chi connectivity index (χ1) is 16.4. The summed E-state index contributed by atoms with van der Waals surface area (Å²) in [6, 6.07) is 16.0. The molecule has 4 rings (SSSR count). The topological polar surface area (TPSA) is 128 Å². The number of nitrogens with two attached hydrogens (primary N) is 1. The van der Waals surface area contributed by atoms with Crippen LogP contribution in [0.3, 0.4) is 0 Å². The Morgan fingerprint density at radius 2 is 1.65 bits per heavy atom. The molecule has 3 amide bonds. The predicted octanol–water partition coefficient (Wildman–Crippen LogP) is 2.99. The van der Waals surface area contributed by atoms with Gasteiger partial charge in [0, 0.05) is 10.4 Å². The van der Waals surface area contributed by atoms with Gasteiger partial charge in [-0.05, 0) is 42.5 Å².